The number of aryl methyl sites for hydroxylation is 1. The molecule has 1 amide bonds. The van der Waals surface area contributed by atoms with E-state index in [1.807, 2.05) is 19.9 Å². The van der Waals surface area contributed by atoms with Crippen LogP contribution in [-0.4, -0.2) is 11.7 Å². The van der Waals surface area contributed by atoms with E-state index in [1.54, 1.807) is 24.3 Å². The summed E-state index contributed by atoms with van der Waals surface area (Å²) in [4.78, 5) is 25.8. The molecule has 0 aliphatic heterocycles. The van der Waals surface area contributed by atoms with E-state index in [9.17, 15) is 9.59 Å². The molecular formula is C17H17Cl2NO2S. The molecule has 0 aliphatic carbocycles. The summed E-state index contributed by atoms with van der Waals surface area (Å²) in [5, 5.41) is 3.91. The lowest BCUT2D eigenvalue weighted by molar-refractivity contribution is -0.121. The first kappa shape index (κ1) is 18.0. The van der Waals surface area contributed by atoms with Crippen LogP contribution < -0.4 is 5.32 Å². The summed E-state index contributed by atoms with van der Waals surface area (Å²) >= 11 is 13.4. The van der Waals surface area contributed by atoms with Gasteiger partial charge in [-0.25, -0.2) is 0 Å². The van der Waals surface area contributed by atoms with Gasteiger partial charge in [0.1, 0.15) is 0 Å². The van der Waals surface area contributed by atoms with Gasteiger partial charge in [0.25, 0.3) is 0 Å². The number of halogens is 2. The highest BCUT2D eigenvalue weighted by atomic mass is 35.5. The van der Waals surface area contributed by atoms with Crippen LogP contribution in [0.1, 0.15) is 45.9 Å². The van der Waals surface area contributed by atoms with Crippen LogP contribution in [0.3, 0.4) is 0 Å². The van der Waals surface area contributed by atoms with Gasteiger partial charge in [-0.2, -0.15) is 0 Å². The smallest absolute Gasteiger partial charge is 0.220 e. The number of hydrogen-bond donors (Lipinski definition) is 1. The lowest BCUT2D eigenvalue weighted by Gasteiger charge is -2.15. The van der Waals surface area contributed by atoms with Crippen LogP contribution in [0.5, 0.6) is 0 Å². The van der Waals surface area contributed by atoms with E-state index in [0.717, 1.165) is 10.4 Å². The Morgan fingerprint density at radius 2 is 1.91 bits per heavy atom. The van der Waals surface area contributed by atoms with Gasteiger partial charge in [0.05, 0.1) is 10.9 Å². The number of Topliss-reactive ketones (excluding diaryl/α,β-unsaturated/α-hetero) is 1. The third-order valence-corrected chi connectivity index (χ3v) is 5.00. The number of hydrogen-bond acceptors (Lipinski definition) is 3. The van der Waals surface area contributed by atoms with Crippen LogP contribution >= 0.6 is 34.5 Å². The molecule has 1 aromatic heterocycles. The molecule has 0 saturated carbocycles. The summed E-state index contributed by atoms with van der Waals surface area (Å²) in [6.07, 6.45) is 0.359. The molecule has 23 heavy (non-hydrogen) atoms. The topological polar surface area (TPSA) is 46.2 Å². The average molecular weight is 370 g/mol. The summed E-state index contributed by atoms with van der Waals surface area (Å²) in [5.74, 6) is -0.180. The van der Waals surface area contributed by atoms with Crippen molar-refractivity contribution in [2.45, 2.75) is 32.7 Å². The maximum Gasteiger partial charge on any atom is 0.220 e. The molecule has 2 rings (SSSR count). The lowest BCUT2D eigenvalue weighted by Crippen LogP contribution is -2.27. The molecule has 0 aliphatic rings. The highest BCUT2D eigenvalue weighted by Gasteiger charge is 2.15. The second-order valence-corrected chi connectivity index (χ2v) is 7.42. The number of nitrogens with one attached hydrogen (secondary N) is 1. The zero-order valence-electron chi connectivity index (χ0n) is 12.9. The van der Waals surface area contributed by atoms with Crippen LogP contribution in [0.15, 0.2) is 30.3 Å². The minimum atomic E-state index is -0.244. The Morgan fingerprint density at radius 3 is 2.52 bits per heavy atom. The number of carbonyl (C=O) groups excluding carboxylic acids is 2. The normalized spacial score (nSPS) is 12.0. The molecule has 1 atom stereocenters. The summed E-state index contributed by atoms with van der Waals surface area (Å²) < 4.78 is 0. The van der Waals surface area contributed by atoms with Gasteiger partial charge in [0.15, 0.2) is 5.78 Å². The van der Waals surface area contributed by atoms with Crippen molar-refractivity contribution in [2.75, 3.05) is 0 Å². The average Bonchev–Trinajstić information content (AvgIpc) is 2.91. The molecule has 0 saturated heterocycles. The van der Waals surface area contributed by atoms with Gasteiger partial charge >= 0.3 is 0 Å². The first-order valence-corrected chi connectivity index (χ1v) is 8.78. The molecule has 1 aromatic carbocycles. The molecule has 1 unspecified atom stereocenters. The number of benzene rings is 1. The van der Waals surface area contributed by atoms with E-state index in [0.29, 0.717) is 14.9 Å². The van der Waals surface area contributed by atoms with Crippen molar-refractivity contribution in [1.82, 2.24) is 5.32 Å². The zero-order valence-corrected chi connectivity index (χ0v) is 15.2. The van der Waals surface area contributed by atoms with E-state index in [-0.39, 0.29) is 30.6 Å². The third-order valence-electron chi connectivity index (χ3n) is 3.40. The van der Waals surface area contributed by atoms with Crippen LogP contribution in [0, 0.1) is 6.92 Å². The minimum Gasteiger partial charge on any atom is -0.350 e. The first-order chi connectivity index (χ1) is 10.9. The molecule has 0 radical (unpaired) electrons. The van der Waals surface area contributed by atoms with E-state index in [1.165, 1.54) is 11.3 Å². The van der Waals surface area contributed by atoms with Crippen molar-refractivity contribution in [3.63, 3.8) is 0 Å². The molecule has 0 fully saturated rings. The van der Waals surface area contributed by atoms with E-state index >= 15 is 0 Å². The molecule has 6 heteroatoms. The molecule has 3 nitrogen and oxygen atoms in total. The number of ketones is 1. The van der Waals surface area contributed by atoms with E-state index in [2.05, 4.69) is 5.32 Å². The Morgan fingerprint density at radius 1 is 1.17 bits per heavy atom. The third kappa shape index (κ3) is 5.06. The fourth-order valence-corrected chi connectivity index (χ4v) is 3.59. The van der Waals surface area contributed by atoms with Gasteiger partial charge in [0, 0.05) is 27.8 Å². The van der Waals surface area contributed by atoms with Gasteiger partial charge in [-0.15, -0.1) is 11.3 Å². The first-order valence-electron chi connectivity index (χ1n) is 7.20. The summed E-state index contributed by atoms with van der Waals surface area (Å²) in [7, 11) is 0. The second kappa shape index (κ2) is 7.95. The number of carbonyl (C=O) groups is 2. The zero-order chi connectivity index (χ0) is 17.0. The predicted molar refractivity (Wildman–Crippen MR) is 95.6 cm³/mol. The van der Waals surface area contributed by atoms with Crippen LogP contribution in [0.4, 0.5) is 0 Å². The van der Waals surface area contributed by atoms with Gasteiger partial charge < -0.3 is 5.32 Å². The van der Waals surface area contributed by atoms with Crippen LogP contribution in [0.2, 0.25) is 10.0 Å². The Bertz CT molecular complexity index is 727. The fourth-order valence-electron chi connectivity index (χ4n) is 2.18. The molecule has 1 N–H and O–H groups in total. The van der Waals surface area contributed by atoms with E-state index < -0.39 is 0 Å². The van der Waals surface area contributed by atoms with Crippen molar-refractivity contribution in [1.29, 1.82) is 0 Å². The summed E-state index contributed by atoms with van der Waals surface area (Å²) in [5.41, 5.74) is 0.796. The monoisotopic (exact) mass is 369 g/mol. The van der Waals surface area contributed by atoms with Gasteiger partial charge in [-0.05, 0) is 43.7 Å². The van der Waals surface area contributed by atoms with E-state index in [4.69, 9.17) is 23.2 Å². The van der Waals surface area contributed by atoms with Gasteiger partial charge in [0.2, 0.25) is 5.91 Å². The number of amides is 1. The highest BCUT2D eigenvalue weighted by Crippen LogP contribution is 2.26. The molecule has 122 valence electrons. The van der Waals surface area contributed by atoms with Crippen molar-refractivity contribution in [3.8, 4) is 0 Å². The molecule has 2 aromatic rings. The largest absolute Gasteiger partial charge is 0.350 e. The minimum absolute atomic E-state index is 0.00423. The van der Waals surface area contributed by atoms with Crippen molar-refractivity contribution in [2.24, 2.45) is 0 Å². The SMILES string of the molecule is Cc1ccc(C(=O)CCC(=O)NC(C)c2ccc(Cl)cc2Cl)s1. The molecule has 0 spiro atoms. The highest BCUT2D eigenvalue weighted by molar-refractivity contribution is 7.14. The summed E-state index contributed by atoms with van der Waals surface area (Å²) in [6.45, 7) is 3.79. The fraction of sp³-hybridized carbons (Fsp3) is 0.294. The number of rotatable bonds is 6. The molecule has 1 heterocycles. The Hall–Kier alpha value is -1.36. The van der Waals surface area contributed by atoms with Gasteiger partial charge in [-0.1, -0.05) is 29.3 Å². The van der Waals surface area contributed by atoms with Crippen molar-refractivity contribution in [3.05, 3.63) is 55.7 Å². The maximum atomic E-state index is 12.0. The second-order valence-electron chi connectivity index (χ2n) is 5.29. The maximum absolute atomic E-state index is 12.0. The summed E-state index contributed by atoms with van der Waals surface area (Å²) in [6, 6.07) is 8.62. The van der Waals surface area contributed by atoms with Crippen LogP contribution in [0.25, 0.3) is 0 Å². The molecule has 0 bridgehead atoms. The Balaban J connectivity index is 1.88. The van der Waals surface area contributed by atoms with Crippen molar-refractivity contribution < 1.29 is 9.59 Å². The van der Waals surface area contributed by atoms with Gasteiger partial charge in [-0.3, -0.25) is 9.59 Å². The standard InChI is InChI=1S/C17H17Cl2NO2S/c1-10-3-7-16(23-10)15(21)6-8-17(22)20-11(2)13-5-4-12(18)9-14(13)19/h3-5,7,9,11H,6,8H2,1-2H3,(H,20,22). The molecular weight excluding hydrogens is 353 g/mol. The Labute approximate surface area is 149 Å². The Kier molecular flexibility index (Phi) is 6.22. The van der Waals surface area contributed by atoms with Crippen molar-refractivity contribution >= 4 is 46.2 Å². The van der Waals surface area contributed by atoms with Crippen LogP contribution in [-0.2, 0) is 4.79 Å². The number of thiophene rings is 1. The predicted octanol–water partition coefficient (Wildman–Crippen LogP) is 5.20. The quantitative estimate of drug-likeness (QED) is 0.710. The lowest BCUT2D eigenvalue weighted by atomic mass is 10.1.